The SMILES string of the molecule is CC(C)c1ccc(-c2cccc(C(C)C(=O)O)c2)cc1. The molecule has 0 fully saturated rings. The van der Waals surface area contributed by atoms with Crippen molar-refractivity contribution in [3.8, 4) is 11.1 Å². The largest absolute Gasteiger partial charge is 0.481 e. The van der Waals surface area contributed by atoms with Gasteiger partial charge in [0.2, 0.25) is 0 Å². The average molecular weight is 268 g/mol. The first-order valence-corrected chi connectivity index (χ1v) is 6.92. The lowest BCUT2D eigenvalue weighted by atomic mass is 9.95. The first kappa shape index (κ1) is 14.3. The van der Waals surface area contributed by atoms with E-state index in [9.17, 15) is 4.79 Å². The van der Waals surface area contributed by atoms with Gasteiger partial charge in [0.1, 0.15) is 0 Å². The molecular formula is C18H20O2. The quantitative estimate of drug-likeness (QED) is 0.875. The van der Waals surface area contributed by atoms with Gasteiger partial charge >= 0.3 is 5.97 Å². The van der Waals surface area contributed by atoms with Gasteiger partial charge in [-0.3, -0.25) is 4.79 Å². The highest BCUT2D eigenvalue weighted by molar-refractivity contribution is 5.76. The molecule has 20 heavy (non-hydrogen) atoms. The van der Waals surface area contributed by atoms with Crippen LogP contribution in [0.5, 0.6) is 0 Å². The molecule has 2 rings (SSSR count). The van der Waals surface area contributed by atoms with E-state index in [1.165, 1.54) is 5.56 Å². The molecule has 0 heterocycles. The van der Waals surface area contributed by atoms with E-state index < -0.39 is 11.9 Å². The molecule has 2 aromatic rings. The normalized spacial score (nSPS) is 12.4. The summed E-state index contributed by atoms with van der Waals surface area (Å²) in [7, 11) is 0. The maximum atomic E-state index is 11.1. The highest BCUT2D eigenvalue weighted by Gasteiger charge is 2.13. The summed E-state index contributed by atoms with van der Waals surface area (Å²) in [4.78, 5) is 11.1. The molecule has 0 aliphatic carbocycles. The predicted molar refractivity (Wildman–Crippen MR) is 82.0 cm³/mol. The van der Waals surface area contributed by atoms with Crippen molar-refractivity contribution < 1.29 is 9.90 Å². The minimum atomic E-state index is -0.794. The number of aliphatic carboxylic acids is 1. The smallest absolute Gasteiger partial charge is 0.310 e. The van der Waals surface area contributed by atoms with Crippen molar-refractivity contribution >= 4 is 5.97 Å². The van der Waals surface area contributed by atoms with Gasteiger partial charge in [-0.25, -0.2) is 0 Å². The summed E-state index contributed by atoms with van der Waals surface area (Å²) < 4.78 is 0. The van der Waals surface area contributed by atoms with Gasteiger partial charge in [-0.2, -0.15) is 0 Å². The Bertz CT molecular complexity index is 597. The fourth-order valence-electron chi connectivity index (χ4n) is 2.19. The van der Waals surface area contributed by atoms with Crippen LogP contribution < -0.4 is 0 Å². The van der Waals surface area contributed by atoms with E-state index >= 15 is 0 Å². The second kappa shape index (κ2) is 5.91. The number of carboxylic acids is 1. The molecule has 0 aliphatic rings. The molecule has 2 aromatic carbocycles. The van der Waals surface area contributed by atoms with Gasteiger partial charge in [-0.1, -0.05) is 62.4 Å². The summed E-state index contributed by atoms with van der Waals surface area (Å²) >= 11 is 0. The topological polar surface area (TPSA) is 37.3 Å². The zero-order chi connectivity index (χ0) is 14.7. The van der Waals surface area contributed by atoms with Gasteiger partial charge in [-0.05, 0) is 35.1 Å². The third-order valence-electron chi connectivity index (χ3n) is 3.67. The summed E-state index contributed by atoms with van der Waals surface area (Å²) in [6.07, 6.45) is 0. The molecule has 0 aliphatic heterocycles. The van der Waals surface area contributed by atoms with Crippen molar-refractivity contribution in [3.63, 3.8) is 0 Å². The maximum absolute atomic E-state index is 11.1. The lowest BCUT2D eigenvalue weighted by Crippen LogP contribution is -2.07. The van der Waals surface area contributed by atoms with Gasteiger partial charge in [0, 0.05) is 0 Å². The second-order valence-corrected chi connectivity index (χ2v) is 5.46. The Morgan fingerprint density at radius 3 is 2.10 bits per heavy atom. The Labute approximate surface area is 120 Å². The van der Waals surface area contributed by atoms with Crippen LogP contribution in [-0.2, 0) is 4.79 Å². The molecule has 1 unspecified atom stereocenters. The lowest BCUT2D eigenvalue weighted by molar-refractivity contribution is -0.138. The van der Waals surface area contributed by atoms with Crippen LogP contribution in [0.3, 0.4) is 0 Å². The van der Waals surface area contributed by atoms with Gasteiger partial charge < -0.3 is 5.11 Å². The summed E-state index contributed by atoms with van der Waals surface area (Å²) in [5, 5.41) is 9.09. The lowest BCUT2D eigenvalue weighted by Gasteiger charge is -2.10. The second-order valence-electron chi connectivity index (χ2n) is 5.46. The summed E-state index contributed by atoms with van der Waals surface area (Å²) in [6, 6.07) is 16.2. The molecule has 0 radical (unpaired) electrons. The number of benzene rings is 2. The van der Waals surface area contributed by atoms with Crippen molar-refractivity contribution in [2.75, 3.05) is 0 Å². The predicted octanol–water partition coefficient (Wildman–Crippen LogP) is 4.67. The van der Waals surface area contributed by atoms with Crippen LogP contribution in [0.2, 0.25) is 0 Å². The third-order valence-corrected chi connectivity index (χ3v) is 3.67. The van der Waals surface area contributed by atoms with Gasteiger partial charge in [0.15, 0.2) is 0 Å². The van der Waals surface area contributed by atoms with Crippen LogP contribution in [0.4, 0.5) is 0 Å². The first-order chi connectivity index (χ1) is 9.49. The van der Waals surface area contributed by atoms with Crippen molar-refractivity contribution in [2.24, 2.45) is 0 Å². The zero-order valence-electron chi connectivity index (χ0n) is 12.1. The van der Waals surface area contributed by atoms with Crippen LogP contribution in [0.15, 0.2) is 48.5 Å². The Morgan fingerprint density at radius 1 is 0.900 bits per heavy atom. The number of hydrogen-bond donors (Lipinski definition) is 1. The average Bonchev–Trinajstić information content (AvgIpc) is 2.46. The number of carbonyl (C=O) groups is 1. The van der Waals surface area contributed by atoms with Crippen LogP contribution in [0.1, 0.15) is 43.7 Å². The minimum absolute atomic E-state index is 0.482. The molecule has 0 saturated carbocycles. The van der Waals surface area contributed by atoms with Gasteiger partial charge in [0.25, 0.3) is 0 Å². The fraction of sp³-hybridized carbons (Fsp3) is 0.278. The summed E-state index contributed by atoms with van der Waals surface area (Å²) in [5.74, 6) is -0.760. The van der Waals surface area contributed by atoms with E-state index in [1.807, 2.05) is 24.3 Å². The molecule has 2 nitrogen and oxygen atoms in total. The van der Waals surface area contributed by atoms with E-state index in [1.54, 1.807) is 6.92 Å². The third kappa shape index (κ3) is 3.08. The monoisotopic (exact) mass is 268 g/mol. The van der Waals surface area contributed by atoms with Crippen molar-refractivity contribution in [3.05, 3.63) is 59.7 Å². The van der Waals surface area contributed by atoms with E-state index in [2.05, 4.69) is 38.1 Å². The van der Waals surface area contributed by atoms with Crippen LogP contribution in [-0.4, -0.2) is 11.1 Å². The molecule has 0 spiro atoms. The molecule has 104 valence electrons. The Kier molecular flexibility index (Phi) is 4.23. The fourth-order valence-corrected chi connectivity index (χ4v) is 2.19. The molecule has 1 N–H and O–H groups in total. The van der Waals surface area contributed by atoms with E-state index in [0.717, 1.165) is 16.7 Å². The van der Waals surface area contributed by atoms with Crippen molar-refractivity contribution in [2.45, 2.75) is 32.6 Å². The molecule has 0 saturated heterocycles. The zero-order valence-corrected chi connectivity index (χ0v) is 12.1. The highest BCUT2D eigenvalue weighted by atomic mass is 16.4. The standard InChI is InChI=1S/C18H20O2/c1-12(2)14-7-9-15(10-8-14)17-6-4-5-16(11-17)13(3)18(19)20/h4-13H,1-3H3,(H,19,20). The van der Waals surface area contributed by atoms with E-state index in [4.69, 9.17) is 5.11 Å². The minimum Gasteiger partial charge on any atom is -0.481 e. The number of hydrogen-bond acceptors (Lipinski definition) is 1. The van der Waals surface area contributed by atoms with Crippen LogP contribution >= 0.6 is 0 Å². The molecule has 1 atom stereocenters. The Hall–Kier alpha value is -2.09. The van der Waals surface area contributed by atoms with Crippen LogP contribution in [0, 0.1) is 0 Å². The van der Waals surface area contributed by atoms with Crippen molar-refractivity contribution in [1.29, 1.82) is 0 Å². The van der Waals surface area contributed by atoms with E-state index in [-0.39, 0.29) is 0 Å². The van der Waals surface area contributed by atoms with E-state index in [0.29, 0.717) is 5.92 Å². The molecule has 0 bridgehead atoms. The molecule has 0 amide bonds. The number of carboxylic acid groups (broad SMARTS) is 1. The molecule has 0 aromatic heterocycles. The first-order valence-electron chi connectivity index (χ1n) is 6.92. The summed E-state index contributed by atoms with van der Waals surface area (Å²) in [6.45, 7) is 6.05. The number of rotatable bonds is 4. The maximum Gasteiger partial charge on any atom is 0.310 e. The Balaban J connectivity index is 2.33. The highest BCUT2D eigenvalue weighted by Crippen LogP contribution is 2.26. The summed E-state index contributed by atoms with van der Waals surface area (Å²) in [5.41, 5.74) is 4.33. The molecular weight excluding hydrogens is 248 g/mol. The van der Waals surface area contributed by atoms with Crippen LogP contribution in [0.25, 0.3) is 11.1 Å². The Morgan fingerprint density at radius 2 is 1.55 bits per heavy atom. The van der Waals surface area contributed by atoms with Crippen molar-refractivity contribution in [1.82, 2.24) is 0 Å². The van der Waals surface area contributed by atoms with Gasteiger partial charge in [0.05, 0.1) is 5.92 Å². The van der Waals surface area contributed by atoms with Gasteiger partial charge in [-0.15, -0.1) is 0 Å². The molecule has 2 heteroatoms.